The second-order valence-corrected chi connectivity index (χ2v) is 3.06. The lowest BCUT2D eigenvalue weighted by atomic mass is 10.1. The Kier molecular flexibility index (Phi) is 8.12. The summed E-state index contributed by atoms with van der Waals surface area (Å²) in [5, 5.41) is 8.48. The van der Waals surface area contributed by atoms with Gasteiger partial charge in [0.2, 0.25) is 5.91 Å². The second kappa shape index (κ2) is 8.53. The van der Waals surface area contributed by atoms with Gasteiger partial charge in [0.05, 0.1) is 0 Å². The Bertz CT molecular complexity index is 115. The van der Waals surface area contributed by atoms with Gasteiger partial charge in [-0.15, -0.1) is 0 Å². The summed E-state index contributed by atoms with van der Waals surface area (Å²) in [4.78, 5) is 10.3. The number of hydrogen-bond acceptors (Lipinski definition) is 2. The standard InChI is InChI=1S/C9H19NO2/c10-9(12)7-5-3-1-2-4-6-8-11/h11H,1-8H2,(H2,10,12). The summed E-state index contributed by atoms with van der Waals surface area (Å²) in [5.41, 5.74) is 4.98. The van der Waals surface area contributed by atoms with Gasteiger partial charge in [0.1, 0.15) is 0 Å². The van der Waals surface area contributed by atoms with Crippen LogP contribution in [0.1, 0.15) is 44.9 Å². The first kappa shape index (κ1) is 11.4. The van der Waals surface area contributed by atoms with Crippen LogP contribution in [0.15, 0.2) is 0 Å². The Balaban J connectivity index is 2.86. The van der Waals surface area contributed by atoms with Crippen molar-refractivity contribution < 1.29 is 9.90 Å². The van der Waals surface area contributed by atoms with Crippen molar-refractivity contribution in [3.63, 3.8) is 0 Å². The molecule has 0 rings (SSSR count). The highest BCUT2D eigenvalue weighted by atomic mass is 16.2. The first-order chi connectivity index (χ1) is 5.77. The third-order valence-electron chi connectivity index (χ3n) is 1.83. The molecule has 12 heavy (non-hydrogen) atoms. The number of hydrogen-bond donors (Lipinski definition) is 2. The van der Waals surface area contributed by atoms with E-state index in [-0.39, 0.29) is 5.91 Å². The minimum absolute atomic E-state index is 0.203. The number of carbonyl (C=O) groups is 1. The van der Waals surface area contributed by atoms with E-state index in [1.165, 1.54) is 0 Å². The number of aliphatic hydroxyl groups excluding tert-OH is 1. The van der Waals surface area contributed by atoms with Crippen LogP contribution < -0.4 is 5.73 Å². The number of amides is 1. The zero-order chi connectivity index (χ0) is 9.23. The molecule has 0 spiro atoms. The van der Waals surface area contributed by atoms with Crippen LogP contribution in [0.2, 0.25) is 0 Å². The van der Waals surface area contributed by atoms with Crippen molar-refractivity contribution in [1.82, 2.24) is 0 Å². The van der Waals surface area contributed by atoms with Gasteiger partial charge < -0.3 is 10.8 Å². The van der Waals surface area contributed by atoms with E-state index in [0.29, 0.717) is 13.0 Å². The molecule has 1 amide bonds. The first-order valence-corrected chi connectivity index (χ1v) is 4.66. The van der Waals surface area contributed by atoms with Crippen molar-refractivity contribution in [3.8, 4) is 0 Å². The molecule has 0 aliphatic rings. The van der Waals surface area contributed by atoms with Crippen LogP contribution >= 0.6 is 0 Å². The highest BCUT2D eigenvalue weighted by Crippen LogP contribution is 2.06. The van der Waals surface area contributed by atoms with Crippen LogP contribution in [0.4, 0.5) is 0 Å². The van der Waals surface area contributed by atoms with Gasteiger partial charge in [-0.05, 0) is 12.8 Å². The zero-order valence-corrected chi connectivity index (χ0v) is 7.59. The lowest BCUT2D eigenvalue weighted by Crippen LogP contribution is -2.09. The predicted octanol–water partition coefficient (Wildman–Crippen LogP) is 1.19. The molecule has 0 bridgehead atoms. The number of primary amides is 1. The van der Waals surface area contributed by atoms with Crippen LogP contribution in [0.5, 0.6) is 0 Å². The van der Waals surface area contributed by atoms with Gasteiger partial charge in [0.15, 0.2) is 0 Å². The highest BCUT2D eigenvalue weighted by molar-refractivity contribution is 5.73. The molecule has 3 nitrogen and oxygen atoms in total. The smallest absolute Gasteiger partial charge is 0.217 e. The number of carbonyl (C=O) groups excluding carboxylic acids is 1. The Morgan fingerprint density at radius 1 is 1.00 bits per heavy atom. The molecular weight excluding hydrogens is 154 g/mol. The van der Waals surface area contributed by atoms with Crippen molar-refractivity contribution in [2.75, 3.05) is 6.61 Å². The Morgan fingerprint density at radius 2 is 1.50 bits per heavy atom. The molecular formula is C9H19NO2. The van der Waals surface area contributed by atoms with Crippen LogP contribution in [-0.4, -0.2) is 17.6 Å². The molecule has 0 radical (unpaired) electrons. The van der Waals surface area contributed by atoms with Crippen LogP contribution in [-0.2, 0) is 4.79 Å². The topological polar surface area (TPSA) is 63.3 Å². The van der Waals surface area contributed by atoms with Gasteiger partial charge in [-0.2, -0.15) is 0 Å². The summed E-state index contributed by atoms with van der Waals surface area (Å²) in [6.07, 6.45) is 6.79. The fourth-order valence-corrected chi connectivity index (χ4v) is 1.12. The van der Waals surface area contributed by atoms with E-state index in [4.69, 9.17) is 10.8 Å². The van der Waals surface area contributed by atoms with Crippen LogP contribution in [0, 0.1) is 0 Å². The third kappa shape index (κ3) is 9.43. The summed E-state index contributed by atoms with van der Waals surface area (Å²) in [6.45, 7) is 0.293. The molecule has 0 aromatic heterocycles. The number of unbranched alkanes of at least 4 members (excludes halogenated alkanes) is 5. The van der Waals surface area contributed by atoms with Gasteiger partial charge in [-0.3, -0.25) is 4.79 Å². The molecule has 0 saturated heterocycles. The minimum Gasteiger partial charge on any atom is -0.396 e. The molecule has 72 valence electrons. The Labute approximate surface area is 74.0 Å². The maximum Gasteiger partial charge on any atom is 0.217 e. The SMILES string of the molecule is NC(=O)CCCCCCCCO. The third-order valence-corrected chi connectivity index (χ3v) is 1.83. The molecule has 0 aromatic rings. The van der Waals surface area contributed by atoms with E-state index in [2.05, 4.69) is 0 Å². The largest absolute Gasteiger partial charge is 0.396 e. The fraction of sp³-hybridized carbons (Fsp3) is 0.889. The Hall–Kier alpha value is -0.570. The van der Waals surface area contributed by atoms with E-state index in [9.17, 15) is 4.79 Å². The van der Waals surface area contributed by atoms with Crippen LogP contribution in [0.25, 0.3) is 0 Å². The molecule has 3 heteroatoms. The summed E-state index contributed by atoms with van der Waals surface area (Å²) < 4.78 is 0. The van der Waals surface area contributed by atoms with Gasteiger partial charge in [0.25, 0.3) is 0 Å². The number of nitrogens with two attached hydrogens (primary N) is 1. The molecule has 0 heterocycles. The van der Waals surface area contributed by atoms with Gasteiger partial charge in [0, 0.05) is 13.0 Å². The molecule has 0 aliphatic heterocycles. The van der Waals surface area contributed by atoms with Crippen molar-refractivity contribution in [3.05, 3.63) is 0 Å². The van der Waals surface area contributed by atoms with E-state index < -0.39 is 0 Å². The van der Waals surface area contributed by atoms with Crippen molar-refractivity contribution >= 4 is 5.91 Å². The summed E-state index contributed by atoms with van der Waals surface area (Å²) in [6, 6.07) is 0. The van der Waals surface area contributed by atoms with Crippen molar-refractivity contribution in [2.45, 2.75) is 44.9 Å². The molecule has 0 unspecified atom stereocenters. The van der Waals surface area contributed by atoms with Crippen molar-refractivity contribution in [1.29, 1.82) is 0 Å². The summed E-state index contributed by atoms with van der Waals surface area (Å²) >= 11 is 0. The average molecular weight is 173 g/mol. The van der Waals surface area contributed by atoms with Gasteiger partial charge >= 0.3 is 0 Å². The van der Waals surface area contributed by atoms with E-state index in [1.54, 1.807) is 0 Å². The van der Waals surface area contributed by atoms with Crippen molar-refractivity contribution in [2.24, 2.45) is 5.73 Å². The fourth-order valence-electron chi connectivity index (χ4n) is 1.12. The maximum absolute atomic E-state index is 10.3. The van der Waals surface area contributed by atoms with E-state index in [1.807, 2.05) is 0 Å². The average Bonchev–Trinajstić information content (AvgIpc) is 2.02. The number of aliphatic hydroxyl groups is 1. The maximum atomic E-state index is 10.3. The second-order valence-electron chi connectivity index (χ2n) is 3.06. The Morgan fingerprint density at radius 3 is 2.00 bits per heavy atom. The molecule has 0 fully saturated rings. The lowest BCUT2D eigenvalue weighted by Gasteiger charge is -1.98. The summed E-state index contributed by atoms with van der Waals surface area (Å²) in [7, 11) is 0. The van der Waals surface area contributed by atoms with E-state index in [0.717, 1.165) is 38.5 Å². The molecule has 0 aliphatic carbocycles. The minimum atomic E-state index is -0.203. The van der Waals surface area contributed by atoms with Gasteiger partial charge in [-0.25, -0.2) is 0 Å². The lowest BCUT2D eigenvalue weighted by molar-refractivity contribution is -0.118. The number of rotatable bonds is 8. The monoisotopic (exact) mass is 173 g/mol. The van der Waals surface area contributed by atoms with E-state index >= 15 is 0 Å². The normalized spacial score (nSPS) is 10.1. The van der Waals surface area contributed by atoms with Gasteiger partial charge in [-0.1, -0.05) is 25.7 Å². The van der Waals surface area contributed by atoms with Crippen LogP contribution in [0.3, 0.4) is 0 Å². The first-order valence-electron chi connectivity index (χ1n) is 4.66. The zero-order valence-electron chi connectivity index (χ0n) is 7.59. The molecule has 0 aromatic carbocycles. The predicted molar refractivity (Wildman–Crippen MR) is 48.6 cm³/mol. The molecule has 3 N–H and O–H groups in total. The highest BCUT2D eigenvalue weighted by Gasteiger charge is 1.94. The molecule has 0 saturated carbocycles. The summed E-state index contributed by atoms with van der Waals surface area (Å²) in [5.74, 6) is -0.203. The molecule has 0 atom stereocenters. The quantitative estimate of drug-likeness (QED) is 0.542.